The van der Waals surface area contributed by atoms with Crippen molar-refractivity contribution >= 4 is 11.8 Å². The first-order valence-corrected chi connectivity index (χ1v) is 12.7. The highest BCUT2D eigenvalue weighted by atomic mass is 19.1. The number of rotatable bonds is 1. The van der Waals surface area contributed by atoms with Crippen molar-refractivity contribution in [2.24, 2.45) is 0 Å². The fourth-order valence-electron chi connectivity index (χ4n) is 5.02. The van der Waals surface area contributed by atoms with Crippen molar-refractivity contribution < 1.29 is 23.5 Å². The lowest BCUT2D eigenvalue weighted by molar-refractivity contribution is 0.0689. The Hall–Kier alpha value is -4.79. The van der Waals surface area contributed by atoms with Crippen molar-refractivity contribution in [3.63, 3.8) is 0 Å². The Morgan fingerprint density at radius 3 is 2.82 bits per heavy atom. The van der Waals surface area contributed by atoms with Gasteiger partial charge in [-0.2, -0.15) is 0 Å². The first-order chi connectivity index (χ1) is 19.1. The number of nitrogens with one attached hydrogen (secondary N) is 1. The van der Waals surface area contributed by atoms with Crippen LogP contribution >= 0.6 is 0 Å². The zero-order valence-electron chi connectivity index (χ0n) is 21.0. The fourth-order valence-corrected chi connectivity index (χ4v) is 5.02. The largest absolute Gasteiger partial charge is 0.494 e. The van der Waals surface area contributed by atoms with Crippen LogP contribution in [0.3, 0.4) is 0 Å². The quantitative estimate of drug-likeness (QED) is 0.388. The number of hydrogen-bond acceptors (Lipinski definition) is 6. The highest BCUT2D eigenvalue weighted by molar-refractivity contribution is 5.95. The minimum absolute atomic E-state index is 0.0188. The van der Waals surface area contributed by atoms with Crippen LogP contribution in [0.4, 0.5) is 4.39 Å². The molecule has 2 aromatic carbocycles. The highest BCUT2D eigenvalue weighted by Gasteiger charge is 2.34. The van der Waals surface area contributed by atoms with Crippen molar-refractivity contribution in [1.29, 1.82) is 0 Å². The SMILES string of the molecule is O=C1NCCCOc2cccc(c2)C2c3ccc(cc3CCN2C(=O)c2ccncc2F)Oc2cncc1c2. The van der Waals surface area contributed by atoms with Gasteiger partial charge in [-0.15, -0.1) is 0 Å². The smallest absolute Gasteiger partial charge is 0.257 e. The average Bonchev–Trinajstić information content (AvgIpc) is 2.96. The minimum Gasteiger partial charge on any atom is -0.494 e. The van der Waals surface area contributed by atoms with E-state index in [4.69, 9.17) is 9.47 Å². The van der Waals surface area contributed by atoms with Gasteiger partial charge in [-0.3, -0.25) is 19.6 Å². The zero-order valence-corrected chi connectivity index (χ0v) is 21.0. The van der Waals surface area contributed by atoms with Gasteiger partial charge in [-0.1, -0.05) is 18.2 Å². The molecule has 0 spiro atoms. The van der Waals surface area contributed by atoms with Gasteiger partial charge in [-0.25, -0.2) is 4.39 Å². The Kier molecular flexibility index (Phi) is 6.62. The molecule has 8 bridgehead atoms. The van der Waals surface area contributed by atoms with Crippen LogP contribution in [0.5, 0.6) is 17.2 Å². The van der Waals surface area contributed by atoms with Crippen LogP contribution in [0.2, 0.25) is 0 Å². The van der Waals surface area contributed by atoms with Crippen molar-refractivity contribution in [1.82, 2.24) is 20.2 Å². The van der Waals surface area contributed by atoms with E-state index in [0.717, 1.165) is 22.9 Å². The van der Waals surface area contributed by atoms with E-state index in [1.807, 2.05) is 42.5 Å². The van der Waals surface area contributed by atoms with Crippen LogP contribution in [-0.4, -0.2) is 46.4 Å². The molecule has 3 aliphatic heterocycles. The number of amides is 2. The minimum atomic E-state index is -0.655. The third-order valence-corrected chi connectivity index (χ3v) is 6.87. The summed E-state index contributed by atoms with van der Waals surface area (Å²) in [5.41, 5.74) is 3.15. The van der Waals surface area contributed by atoms with E-state index in [-0.39, 0.29) is 11.5 Å². The lowest BCUT2D eigenvalue weighted by atomic mass is 9.87. The van der Waals surface area contributed by atoms with Crippen molar-refractivity contribution in [2.45, 2.75) is 18.9 Å². The Labute approximate surface area is 224 Å². The summed E-state index contributed by atoms with van der Waals surface area (Å²) in [7, 11) is 0. The summed E-state index contributed by atoms with van der Waals surface area (Å²) >= 11 is 0. The Bertz CT molecular complexity index is 1560. The van der Waals surface area contributed by atoms with E-state index < -0.39 is 17.8 Å². The van der Waals surface area contributed by atoms with E-state index in [1.54, 1.807) is 17.2 Å². The molecule has 0 saturated carbocycles. The second kappa shape index (κ2) is 10.5. The van der Waals surface area contributed by atoms with Gasteiger partial charge in [0.2, 0.25) is 0 Å². The first-order valence-electron chi connectivity index (χ1n) is 12.7. The van der Waals surface area contributed by atoms with Gasteiger partial charge >= 0.3 is 0 Å². The van der Waals surface area contributed by atoms with E-state index >= 15 is 0 Å². The van der Waals surface area contributed by atoms with E-state index in [1.165, 1.54) is 18.5 Å². The fraction of sp³-hybridized carbons (Fsp3) is 0.200. The van der Waals surface area contributed by atoms with Gasteiger partial charge in [0.15, 0.2) is 5.82 Å². The maximum Gasteiger partial charge on any atom is 0.257 e. The van der Waals surface area contributed by atoms with Crippen LogP contribution in [0.15, 0.2) is 79.4 Å². The molecule has 0 radical (unpaired) electrons. The van der Waals surface area contributed by atoms with Crippen LogP contribution in [0, 0.1) is 5.82 Å². The third kappa shape index (κ3) is 5.03. The lowest BCUT2D eigenvalue weighted by Gasteiger charge is -2.38. The Morgan fingerprint density at radius 2 is 1.92 bits per heavy atom. The molecule has 2 amide bonds. The van der Waals surface area contributed by atoms with Crippen molar-refractivity contribution in [3.05, 3.63) is 113 Å². The normalized spacial score (nSPS) is 16.8. The van der Waals surface area contributed by atoms with Crippen molar-refractivity contribution in [3.8, 4) is 17.2 Å². The first kappa shape index (κ1) is 24.5. The summed E-state index contributed by atoms with van der Waals surface area (Å²) in [6, 6.07) is 15.9. The molecule has 7 rings (SSSR count). The maximum atomic E-state index is 14.6. The summed E-state index contributed by atoms with van der Waals surface area (Å²) in [4.78, 5) is 35.9. The topological polar surface area (TPSA) is 93.7 Å². The van der Waals surface area contributed by atoms with Gasteiger partial charge in [0.1, 0.15) is 17.2 Å². The maximum absolute atomic E-state index is 14.6. The average molecular weight is 525 g/mol. The summed E-state index contributed by atoms with van der Waals surface area (Å²) in [6.45, 7) is 1.20. The molecule has 0 aliphatic carbocycles. The number of carbonyl (C=O) groups excluding carboxylic acids is 2. The number of hydrogen-bond donors (Lipinski definition) is 1. The summed E-state index contributed by atoms with van der Waals surface area (Å²) in [5, 5.41) is 2.88. The second-order valence-corrected chi connectivity index (χ2v) is 9.41. The number of aromatic nitrogens is 2. The molecule has 1 unspecified atom stereocenters. The molecule has 0 fully saturated rings. The predicted octanol–water partition coefficient (Wildman–Crippen LogP) is 4.71. The molecule has 1 atom stereocenters. The molecule has 8 nitrogen and oxygen atoms in total. The highest BCUT2D eigenvalue weighted by Crippen LogP contribution is 2.39. The van der Waals surface area contributed by atoms with Gasteiger partial charge in [0.25, 0.3) is 11.8 Å². The summed E-state index contributed by atoms with van der Waals surface area (Å²) < 4.78 is 26.7. The molecular weight excluding hydrogens is 499 g/mol. The third-order valence-electron chi connectivity index (χ3n) is 6.87. The van der Waals surface area contributed by atoms with Gasteiger partial charge in [-0.05, 0) is 65.9 Å². The molecule has 196 valence electrons. The number of halogens is 1. The van der Waals surface area contributed by atoms with Crippen LogP contribution in [-0.2, 0) is 6.42 Å². The molecule has 3 aliphatic rings. The molecule has 9 heteroatoms. The van der Waals surface area contributed by atoms with Crippen LogP contribution < -0.4 is 14.8 Å². The van der Waals surface area contributed by atoms with E-state index in [0.29, 0.717) is 55.4 Å². The number of nitrogens with zero attached hydrogens (tertiary/aromatic N) is 3. The molecule has 5 heterocycles. The number of benzene rings is 2. The molecule has 0 saturated heterocycles. The monoisotopic (exact) mass is 524 g/mol. The molecule has 39 heavy (non-hydrogen) atoms. The van der Waals surface area contributed by atoms with Gasteiger partial charge < -0.3 is 19.7 Å². The standard InChI is InChI=1S/C30H25FN4O4/c31-27-18-32-10-7-26(27)30(37)35-11-8-19-13-23-5-6-25(19)28(35)20-3-1-4-22(14-20)38-12-2-9-34-29(36)21-15-24(39-23)17-33-16-21/h1,3-7,10,13-18,28H,2,8-9,11-12H2,(H,34,36). The molecule has 4 aromatic rings. The number of ether oxygens (including phenoxy) is 2. The Balaban J connectivity index is 1.44. The number of fused-ring (bicyclic) bond motifs is 6. The summed E-state index contributed by atoms with van der Waals surface area (Å²) in [5.74, 6) is 0.378. The number of pyridine rings is 2. The summed E-state index contributed by atoms with van der Waals surface area (Å²) in [6.07, 6.45) is 6.68. The predicted molar refractivity (Wildman–Crippen MR) is 140 cm³/mol. The second-order valence-electron chi connectivity index (χ2n) is 9.41. The molecule has 2 aromatic heterocycles. The van der Waals surface area contributed by atoms with E-state index in [9.17, 15) is 14.0 Å². The Morgan fingerprint density at radius 1 is 1.00 bits per heavy atom. The van der Waals surface area contributed by atoms with Crippen LogP contribution in [0.1, 0.15) is 49.9 Å². The lowest BCUT2D eigenvalue weighted by Crippen LogP contribution is -2.41. The van der Waals surface area contributed by atoms with Gasteiger partial charge in [0.05, 0.1) is 36.2 Å². The number of carbonyl (C=O) groups is 2. The molecule has 1 N–H and O–H groups in total. The van der Waals surface area contributed by atoms with Gasteiger partial charge in [0, 0.05) is 25.5 Å². The van der Waals surface area contributed by atoms with E-state index in [2.05, 4.69) is 15.3 Å². The van der Waals surface area contributed by atoms with Crippen LogP contribution in [0.25, 0.3) is 0 Å². The zero-order chi connectivity index (χ0) is 26.8. The molecular formula is C30H25FN4O4. The van der Waals surface area contributed by atoms with Crippen molar-refractivity contribution in [2.75, 3.05) is 19.7 Å².